The fourth-order valence-corrected chi connectivity index (χ4v) is 2.03. The molecule has 144 valence electrons. The molecular formula is C17H11ClN2O8. The zero-order chi connectivity index (χ0) is 20.7. The molecule has 0 N–H and O–H groups in total. The van der Waals surface area contributed by atoms with Gasteiger partial charge in [-0.1, -0.05) is 11.6 Å². The van der Waals surface area contributed by atoms with Gasteiger partial charge in [0.1, 0.15) is 0 Å². The van der Waals surface area contributed by atoms with Crippen molar-refractivity contribution in [3.8, 4) is 0 Å². The molecule has 11 heteroatoms. The van der Waals surface area contributed by atoms with Crippen molar-refractivity contribution in [1.29, 1.82) is 0 Å². The first-order valence-corrected chi connectivity index (χ1v) is 7.93. The first kappa shape index (κ1) is 20.5. The second-order valence-corrected chi connectivity index (χ2v) is 5.37. The van der Waals surface area contributed by atoms with E-state index in [0.29, 0.717) is 0 Å². The van der Waals surface area contributed by atoms with Crippen LogP contribution in [-0.2, 0) is 9.47 Å². The number of nitro benzene ring substituents is 2. The normalized spacial score (nSPS) is 10.8. The number of esters is 2. The first-order valence-electron chi connectivity index (χ1n) is 7.49. The summed E-state index contributed by atoms with van der Waals surface area (Å²) in [4.78, 5) is 43.9. The highest BCUT2D eigenvalue weighted by Gasteiger charge is 2.15. The van der Waals surface area contributed by atoms with E-state index in [1.165, 1.54) is 24.3 Å². The summed E-state index contributed by atoms with van der Waals surface area (Å²) in [5.41, 5.74) is 0.605. The summed E-state index contributed by atoms with van der Waals surface area (Å²) in [6.45, 7) is -0.474. The number of rotatable bonds is 7. The van der Waals surface area contributed by atoms with Crippen LogP contribution in [0.15, 0.2) is 59.8 Å². The molecule has 0 amide bonds. The fraction of sp³-hybridized carbons (Fsp3) is 0.0588. The average molecular weight is 407 g/mol. The fourth-order valence-electron chi connectivity index (χ4n) is 1.92. The Labute approximate surface area is 162 Å². The number of non-ortho nitro benzene ring substituents is 2. The smallest absolute Gasteiger partial charge is 0.343 e. The molecule has 10 nitrogen and oxygen atoms in total. The Morgan fingerprint density at radius 1 is 0.857 bits per heavy atom. The van der Waals surface area contributed by atoms with Gasteiger partial charge in [0.15, 0.2) is 12.4 Å². The number of benzene rings is 2. The molecule has 0 spiro atoms. The maximum atomic E-state index is 12.0. The van der Waals surface area contributed by atoms with Gasteiger partial charge >= 0.3 is 11.9 Å². The van der Waals surface area contributed by atoms with Gasteiger partial charge in [0.05, 0.1) is 21.0 Å². The second-order valence-electron chi connectivity index (χ2n) is 5.15. The van der Waals surface area contributed by atoms with E-state index >= 15 is 0 Å². The van der Waals surface area contributed by atoms with Crippen LogP contribution < -0.4 is 0 Å². The minimum Gasteiger partial charge on any atom is -0.454 e. The van der Waals surface area contributed by atoms with E-state index in [1.54, 1.807) is 0 Å². The number of hydrogen-bond donors (Lipinski definition) is 0. The van der Waals surface area contributed by atoms with Crippen LogP contribution in [0.2, 0.25) is 0 Å². The van der Waals surface area contributed by atoms with Gasteiger partial charge in [0.25, 0.3) is 11.4 Å². The molecule has 0 aliphatic carbocycles. The molecule has 2 rings (SSSR count). The van der Waals surface area contributed by atoms with E-state index < -0.39 is 28.4 Å². The van der Waals surface area contributed by atoms with Crippen molar-refractivity contribution in [3.05, 3.63) is 91.2 Å². The van der Waals surface area contributed by atoms with Crippen LogP contribution in [-0.4, -0.2) is 28.4 Å². The molecule has 0 aliphatic heterocycles. The van der Waals surface area contributed by atoms with Crippen molar-refractivity contribution in [3.63, 3.8) is 0 Å². The number of carbonyl (C=O) groups excluding carboxylic acids is 2. The highest BCUT2D eigenvalue weighted by atomic mass is 35.5. The van der Waals surface area contributed by atoms with Crippen LogP contribution >= 0.6 is 11.6 Å². The zero-order valence-corrected chi connectivity index (χ0v) is 14.7. The standard InChI is InChI=1S/C17H11ClN2O8/c18-9-15(28-17(22)12-3-7-14(8-4-12)20(25)26)10-27-16(21)11-1-5-13(6-2-11)19(23)24/h1-9H,10H2/b15-9-. The van der Waals surface area contributed by atoms with Crippen molar-refractivity contribution in [2.45, 2.75) is 0 Å². The summed E-state index contributed by atoms with van der Waals surface area (Å²) in [6.07, 6.45) is 0. The van der Waals surface area contributed by atoms with Crippen LogP contribution in [0.3, 0.4) is 0 Å². The number of nitrogens with zero attached hydrogens (tertiary/aromatic N) is 2. The van der Waals surface area contributed by atoms with E-state index in [9.17, 15) is 29.8 Å². The lowest BCUT2D eigenvalue weighted by atomic mass is 10.2. The lowest BCUT2D eigenvalue weighted by Crippen LogP contribution is -2.12. The Balaban J connectivity index is 1.94. The molecule has 0 unspecified atom stereocenters. The minimum atomic E-state index is -0.854. The average Bonchev–Trinajstić information content (AvgIpc) is 2.70. The Hall–Kier alpha value is -3.79. The Bertz CT molecular complexity index is 939. The maximum absolute atomic E-state index is 12.0. The van der Waals surface area contributed by atoms with E-state index in [-0.39, 0.29) is 28.3 Å². The van der Waals surface area contributed by atoms with Gasteiger partial charge in [-0.3, -0.25) is 20.2 Å². The number of hydrogen-bond acceptors (Lipinski definition) is 8. The molecule has 0 fully saturated rings. The van der Waals surface area contributed by atoms with Crippen LogP contribution in [0.4, 0.5) is 11.4 Å². The Morgan fingerprint density at radius 3 is 1.68 bits per heavy atom. The molecule has 0 atom stereocenters. The highest BCUT2D eigenvalue weighted by Crippen LogP contribution is 2.16. The van der Waals surface area contributed by atoms with Crippen molar-refractivity contribution >= 4 is 34.9 Å². The highest BCUT2D eigenvalue weighted by molar-refractivity contribution is 6.25. The molecule has 0 saturated carbocycles. The van der Waals surface area contributed by atoms with Crippen molar-refractivity contribution in [2.24, 2.45) is 0 Å². The summed E-state index contributed by atoms with van der Waals surface area (Å²) in [7, 11) is 0. The van der Waals surface area contributed by atoms with Gasteiger partial charge in [-0.05, 0) is 24.3 Å². The van der Waals surface area contributed by atoms with Crippen molar-refractivity contribution in [2.75, 3.05) is 6.61 Å². The summed E-state index contributed by atoms with van der Waals surface area (Å²) < 4.78 is 9.92. The number of halogens is 1. The molecule has 0 aromatic heterocycles. The van der Waals surface area contributed by atoms with Gasteiger partial charge in [-0.15, -0.1) is 0 Å². The van der Waals surface area contributed by atoms with Gasteiger partial charge in [-0.2, -0.15) is 0 Å². The summed E-state index contributed by atoms with van der Waals surface area (Å²) in [6, 6.07) is 9.39. The predicted molar refractivity (Wildman–Crippen MR) is 95.8 cm³/mol. The van der Waals surface area contributed by atoms with E-state index in [2.05, 4.69) is 0 Å². The molecule has 0 heterocycles. The number of ether oxygens (including phenoxy) is 2. The third-order valence-electron chi connectivity index (χ3n) is 3.32. The van der Waals surface area contributed by atoms with Crippen molar-refractivity contribution < 1.29 is 28.9 Å². The largest absolute Gasteiger partial charge is 0.454 e. The molecule has 0 aliphatic rings. The third-order valence-corrected chi connectivity index (χ3v) is 3.56. The van der Waals surface area contributed by atoms with Gasteiger partial charge in [0.2, 0.25) is 0 Å². The zero-order valence-electron chi connectivity index (χ0n) is 13.9. The monoisotopic (exact) mass is 406 g/mol. The Kier molecular flexibility index (Phi) is 6.77. The lowest BCUT2D eigenvalue weighted by molar-refractivity contribution is -0.385. The SMILES string of the molecule is O=C(OC/C(=C/Cl)OC(=O)c1ccc([N+](=O)[O-])cc1)c1ccc([N+](=O)[O-])cc1. The maximum Gasteiger partial charge on any atom is 0.343 e. The summed E-state index contributed by atoms with van der Waals surface area (Å²) >= 11 is 5.56. The van der Waals surface area contributed by atoms with Gasteiger partial charge < -0.3 is 9.47 Å². The Morgan fingerprint density at radius 2 is 1.29 bits per heavy atom. The van der Waals surface area contributed by atoms with Crippen molar-refractivity contribution in [1.82, 2.24) is 0 Å². The van der Waals surface area contributed by atoms with E-state index in [1.807, 2.05) is 0 Å². The summed E-state index contributed by atoms with van der Waals surface area (Å²) in [5, 5.41) is 21.2. The van der Waals surface area contributed by atoms with E-state index in [0.717, 1.165) is 29.8 Å². The minimum absolute atomic E-state index is 0.0308. The molecule has 2 aromatic carbocycles. The predicted octanol–water partition coefficient (Wildman–Crippen LogP) is 3.60. The molecule has 2 aromatic rings. The van der Waals surface area contributed by atoms with Crippen LogP contribution in [0, 0.1) is 20.2 Å². The topological polar surface area (TPSA) is 139 Å². The van der Waals surface area contributed by atoms with Crippen LogP contribution in [0.5, 0.6) is 0 Å². The third kappa shape index (κ3) is 5.35. The van der Waals surface area contributed by atoms with E-state index in [4.69, 9.17) is 21.1 Å². The number of nitro groups is 2. The van der Waals surface area contributed by atoms with Crippen LogP contribution in [0.25, 0.3) is 0 Å². The summed E-state index contributed by atoms with van der Waals surface area (Å²) in [5.74, 6) is -1.84. The number of carbonyl (C=O) groups is 2. The quantitative estimate of drug-likeness (QED) is 0.294. The first-order chi connectivity index (χ1) is 13.3. The molecule has 28 heavy (non-hydrogen) atoms. The molecule has 0 saturated heterocycles. The second kappa shape index (κ2) is 9.24. The molecular weight excluding hydrogens is 396 g/mol. The van der Waals surface area contributed by atoms with Crippen LogP contribution in [0.1, 0.15) is 20.7 Å². The lowest BCUT2D eigenvalue weighted by Gasteiger charge is -2.09. The molecule has 0 radical (unpaired) electrons. The van der Waals surface area contributed by atoms with Gasteiger partial charge in [0, 0.05) is 29.8 Å². The van der Waals surface area contributed by atoms with Gasteiger partial charge in [-0.25, -0.2) is 9.59 Å². The molecule has 0 bridgehead atoms.